The molecule has 96 valence electrons. The average Bonchev–Trinajstić information content (AvgIpc) is 2.80. The van der Waals surface area contributed by atoms with E-state index in [1.807, 2.05) is 18.2 Å². The molecule has 2 aromatic rings. The molecule has 0 radical (unpaired) electrons. The van der Waals surface area contributed by atoms with Crippen LogP contribution in [0.2, 0.25) is 10.0 Å². The highest BCUT2D eigenvalue weighted by molar-refractivity contribution is 6.34. The van der Waals surface area contributed by atoms with Crippen LogP contribution >= 0.6 is 23.2 Å². The minimum Gasteiger partial charge on any atom is -0.472 e. The van der Waals surface area contributed by atoms with Crippen LogP contribution in [0.5, 0.6) is 0 Å². The van der Waals surface area contributed by atoms with Crippen LogP contribution in [-0.4, -0.2) is 6.54 Å². The molecule has 1 N–H and O–H groups in total. The SMILES string of the molecule is CCNC(Cc1ccoc1)c1cc(Cl)cc(Cl)c1. The van der Waals surface area contributed by atoms with E-state index in [9.17, 15) is 0 Å². The van der Waals surface area contributed by atoms with E-state index in [4.69, 9.17) is 27.6 Å². The Balaban J connectivity index is 2.23. The summed E-state index contributed by atoms with van der Waals surface area (Å²) in [5.41, 5.74) is 2.24. The van der Waals surface area contributed by atoms with E-state index in [0.717, 1.165) is 24.1 Å². The molecule has 0 amide bonds. The van der Waals surface area contributed by atoms with Gasteiger partial charge in [-0.1, -0.05) is 30.1 Å². The summed E-state index contributed by atoms with van der Waals surface area (Å²) in [6.07, 6.45) is 4.29. The molecule has 0 saturated carbocycles. The second kappa shape index (κ2) is 6.28. The van der Waals surface area contributed by atoms with Crippen LogP contribution < -0.4 is 5.32 Å². The maximum Gasteiger partial charge on any atom is 0.0935 e. The first kappa shape index (κ1) is 13.5. The van der Waals surface area contributed by atoms with Gasteiger partial charge in [0.15, 0.2) is 0 Å². The summed E-state index contributed by atoms with van der Waals surface area (Å²) in [5, 5.41) is 4.75. The lowest BCUT2D eigenvalue weighted by atomic mass is 10.0. The topological polar surface area (TPSA) is 25.2 Å². The standard InChI is InChI=1S/C14H15Cl2NO/c1-2-17-14(5-10-3-4-18-9-10)11-6-12(15)8-13(16)7-11/h3-4,6-9,14,17H,2,5H2,1H3. The summed E-state index contributed by atoms with van der Waals surface area (Å²) in [6, 6.07) is 7.79. The van der Waals surface area contributed by atoms with Crippen molar-refractivity contribution in [2.45, 2.75) is 19.4 Å². The van der Waals surface area contributed by atoms with Gasteiger partial charge in [0, 0.05) is 16.1 Å². The summed E-state index contributed by atoms with van der Waals surface area (Å²) in [6.45, 7) is 2.96. The van der Waals surface area contributed by atoms with Crippen LogP contribution in [-0.2, 0) is 6.42 Å². The van der Waals surface area contributed by atoms with E-state index in [2.05, 4.69) is 12.2 Å². The third kappa shape index (κ3) is 3.52. The van der Waals surface area contributed by atoms with Crippen molar-refractivity contribution in [1.82, 2.24) is 5.32 Å². The molecule has 2 nitrogen and oxygen atoms in total. The molecule has 1 unspecified atom stereocenters. The number of rotatable bonds is 5. The van der Waals surface area contributed by atoms with Gasteiger partial charge < -0.3 is 9.73 Å². The van der Waals surface area contributed by atoms with Crippen molar-refractivity contribution in [3.8, 4) is 0 Å². The highest BCUT2D eigenvalue weighted by Crippen LogP contribution is 2.25. The van der Waals surface area contributed by atoms with Crippen LogP contribution in [0.25, 0.3) is 0 Å². The third-order valence-electron chi connectivity index (χ3n) is 2.76. The number of hydrogen-bond acceptors (Lipinski definition) is 2. The summed E-state index contributed by atoms with van der Waals surface area (Å²) < 4.78 is 5.10. The third-order valence-corrected chi connectivity index (χ3v) is 3.19. The Morgan fingerprint density at radius 3 is 2.50 bits per heavy atom. The summed E-state index contributed by atoms with van der Waals surface area (Å²) >= 11 is 12.1. The van der Waals surface area contributed by atoms with Crippen molar-refractivity contribution in [3.05, 3.63) is 58.0 Å². The molecule has 0 aliphatic rings. The Hall–Kier alpha value is -0.960. The highest BCUT2D eigenvalue weighted by Gasteiger charge is 2.13. The molecule has 0 aliphatic carbocycles. The minimum atomic E-state index is 0.184. The van der Waals surface area contributed by atoms with Crippen LogP contribution in [0.3, 0.4) is 0 Å². The lowest BCUT2D eigenvalue weighted by Crippen LogP contribution is -2.22. The zero-order valence-electron chi connectivity index (χ0n) is 10.1. The zero-order valence-corrected chi connectivity index (χ0v) is 11.6. The van der Waals surface area contributed by atoms with E-state index in [1.165, 1.54) is 0 Å². The first-order valence-corrected chi connectivity index (χ1v) is 6.65. The Labute approximate surface area is 117 Å². The predicted molar refractivity (Wildman–Crippen MR) is 75.3 cm³/mol. The number of halogens is 2. The minimum absolute atomic E-state index is 0.184. The van der Waals surface area contributed by atoms with E-state index in [1.54, 1.807) is 18.6 Å². The molecule has 0 spiro atoms. The van der Waals surface area contributed by atoms with Crippen molar-refractivity contribution in [3.63, 3.8) is 0 Å². The molecule has 1 atom stereocenters. The van der Waals surface area contributed by atoms with Crippen LogP contribution in [0.4, 0.5) is 0 Å². The van der Waals surface area contributed by atoms with Crippen LogP contribution in [0.1, 0.15) is 24.1 Å². The van der Waals surface area contributed by atoms with Crippen LogP contribution in [0.15, 0.2) is 41.2 Å². The molecular formula is C14H15Cl2NO. The molecule has 1 heterocycles. The Kier molecular flexibility index (Phi) is 4.70. The quantitative estimate of drug-likeness (QED) is 0.875. The first-order valence-electron chi connectivity index (χ1n) is 5.89. The molecule has 0 saturated heterocycles. The van der Waals surface area contributed by atoms with E-state index >= 15 is 0 Å². The van der Waals surface area contributed by atoms with Gasteiger partial charge in [0.05, 0.1) is 12.5 Å². The van der Waals surface area contributed by atoms with Gasteiger partial charge in [-0.25, -0.2) is 0 Å². The maximum atomic E-state index is 6.05. The summed E-state index contributed by atoms with van der Waals surface area (Å²) in [7, 11) is 0. The fraction of sp³-hybridized carbons (Fsp3) is 0.286. The monoisotopic (exact) mass is 283 g/mol. The van der Waals surface area contributed by atoms with Crippen molar-refractivity contribution in [2.24, 2.45) is 0 Å². The number of hydrogen-bond donors (Lipinski definition) is 1. The van der Waals surface area contributed by atoms with Gasteiger partial charge in [-0.3, -0.25) is 0 Å². The lowest BCUT2D eigenvalue weighted by Gasteiger charge is -2.18. The Morgan fingerprint density at radius 2 is 1.94 bits per heavy atom. The van der Waals surface area contributed by atoms with Gasteiger partial charge in [0.2, 0.25) is 0 Å². The maximum absolute atomic E-state index is 6.05. The smallest absolute Gasteiger partial charge is 0.0935 e. The molecule has 0 aliphatic heterocycles. The number of nitrogens with one attached hydrogen (secondary N) is 1. The predicted octanol–water partition coefficient (Wildman–Crippen LogP) is 4.48. The highest BCUT2D eigenvalue weighted by atomic mass is 35.5. The van der Waals surface area contributed by atoms with E-state index in [-0.39, 0.29) is 6.04 Å². The van der Waals surface area contributed by atoms with Crippen molar-refractivity contribution >= 4 is 23.2 Å². The normalized spacial score (nSPS) is 12.6. The second-order valence-electron chi connectivity index (χ2n) is 4.15. The number of furan rings is 1. The zero-order chi connectivity index (χ0) is 13.0. The largest absolute Gasteiger partial charge is 0.472 e. The van der Waals surface area contributed by atoms with Crippen LogP contribution in [0, 0.1) is 0 Å². The molecule has 18 heavy (non-hydrogen) atoms. The molecule has 0 fully saturated rings. The Morgan fingerprint density at radius 1 is 1.22 bits per heavy atom. The van der Waals surface area contributed by atoms with E-state index < -0.39 is 0 Å². The molecule has 1 aromatic carbocycles. The fourth-order valence-corrected chi connectivity index (χ4v) is 2.52. The molecule has 1 aromatic heterocycles. The molecular weight excluding hydrogens is 269 g/mol. The van der Waals surface area contributed by atoms with Gasteiger partial charge >= 0.3 is 0 Å². The molecule has 0 bridgehead atoms. The summed E-state index contributed by atoms with van der Waals surface area (Å²) in [5.74, 6) is 0. The van der Waals surface area contributed by atoms with E-state index in [0.29, 0.717) is 10.0 Å². The van der Waals surface area contributed by atoms with Gasteiger partial charge in [-0.15, -0.1) is 0 Å². The number of likely N-dealkylation sites (N-methyl/N-ethyl adjacent to an activating group) is 1. The van der Waals surface area contributed by atoms with Gasteiger partial charge in [0.25, 0.3) is 0 Å². The van der Waals surface area contributed by atoms with Crippen molar-refractivity contribution < 1.29 is 4.42 Å². The summed E-state index contributed by atoms with van der Waals surface area (Å²) in [4.78, 5) is 0. The molecule has 2 rings (SSSR count). The first-order chi connectivity index (χ1) is 8.69. The lowest BCUT2D eigenvalue weighted by molar-refractivity contribution is 0.535. The average molecular weight is 284 g/mol. The van der Waals surface area contributed by atoms with Crippen molar-refractivity contribution in [1.29, 1.82) is 0 Å². The van der Waals surface area contributed by atoms with Gasteiger partial charge in [0.1, 0.15) is 0 Å². The molecule has 4 heteroatoms. The van der Waals surface area contributed by atoms with Crippen molar-refractivity contribution in [2.75, 3.05) is 6.54 Å². The van der Waals surface area contributed by atoms with Gasteiger partial charge in [-0.05, 0) is 48.4 Å². The van der Waals surface area contributed by atoms with Gasteiger partial charge in [-0.2, -0.15) is 0 Å². The Bertz CT molecular complexity index is 476. The second-order valence-corrected chi connectivity index (χ2v) is 5.02. The fourth-order valence-electron chi connectivity index (χ4n) is 1.98. The number of benzene rings is 1.